The van der Waals surface area contributed by atoms with Crippen LogP contribution in [0.1, 0.15) is 31.4 Å². The Labute approximate surface area is 109 Å². The lowest BCUT2D eigenvalue weighted by atomic mass is 10.0. The Kier molecular flexibility index (Phi) is 4.73. The predicted octanol–water partition coefficient (Wildman–Crippen LogP) is 3.66. The zero-order valence-corrected chi connectivity index (χ0v) is 10.9. The lowest BCUT2D eigenvalue weighted by Gasteiger charge is -2.13. The topological polar surface area (TPSA) is 35.2 Å². The van der Waals surface area contributed by atoms with Gasteiger partial charge in [0.05, 0.1) is 12.6 Å². The average Bonchev–Trinajstić information content (AvgIpc) is 2.43. The van der Waals surface area contributed by atoms with Gasteiger partial charge in [0.15, 0.2) is 0 Å². The van der Waals surface area contributed by atoms with Gasteiger partial charge in [0.25, 0.3) is 0 Å². The Morgan fingerprint density at radius 2 is 1.89 bits per heavy atom. The molecule has 2 rings (SSSR count). The van der Waals surface area contributed by atoms with Gasteiger partial charge in [-0.25, -0.2) is 0 Å². The first-order valence-electron chi connectivity index (χ1n) is 6.63. The van der Waals surface area contributed by atoms with E-state index in [4.69, 9.17) is 10.5 Å². The maximum Gasteiger partial charge on any atom is 0.0659 e. The van der Waals surface area contributed by atoms with Crippen LogP contribution in [0, 0.1) is 0 Å². The molecule has 2 nitrogen and oxygen atoms in total. The fourth-order valence-corrected chi connectivity index (χ4v) is 1.99. The van der Waals surface area contributed by atoms with Gasteiger partial charge in [-0.1, -0.05) is 49.7 Å². The van der Waals surface area contributed by atoms with Crippen LogP contribution in [0.4, 0.5) is 0 Å². The maximum absolute atomic E-state index is 6.14. The molecule has 0 aliphatic rings. The highest BCUT2D eigenvalue weighted by molar-refractivity contribution is 5.83. The summed E-state index contributed by atoms with van der Waals surface area (Å²) in [5.74, 6) is 0. The van der Waals surface area contributed by atoms with Gasteiger partial charge in [0, 0.05) is 6.61 Å². The SMILES string of the molecule is CCCCOCC(N)c1ccc2ccccc2c1. The van der Waals surface area contributed by atoms with Gasteiger partial charge in [0.1, 0.15) is 0 Å². The van der Waals surface area contributed by atoms with Crippen LogP contribution in [0.15, 0.2) is 42.5 Å². The van der Waals surface area contributed by atoms with Crippen molar-refractivity contribution < 1.29 is 4.74 Å². The van der Waals surface area contributed by atoms with Crippen molar-refractivity contribution in [1.29, 1.82) is 0 Å². The Bertz CT molecular complexity index is 495. The van der Waals surface area contributed by atoms with Crippen molar-refractivity contribution in [3.63, 3.8) is 0 Å². The van der Waals surface area contributed by atoms with Crippen LogP contribution in [0.5, 0.6) is 0 Å². The van der Waals surface area contributed by atoms with Gasteiger partial charge in [-0.3, -0.25) is 0 Å². The Hall–Kier alpha value is -1.38. The van der Waals surface area contributed by atoms with E-state index < -0.39 is 0 Å². The maximum atomic E-state index is 6.14. The van der Waals surface area contributed by atoms with Crippen LogP contribution in [0.3, 0.4) is 0 Å². The second-order valence-corrected chi connectivity index (χ2v) is 4.64. The molecule has 0 saturated heterocycles. The molecule has 0 aromatic heterocycles. The second-order valence-electron chi connectivity index (χ2n) is 4.64. The van der Waals surface area contributed by atoms with E-state index in [2.05, 4.69) is 49.4 Å². The first-order valence-corrected chi connectivity index (χ1v) is 6.63. The minimum absolute atomic E-state index is 0.0357. The van der Waals surface area contributed by atoms with Gasteiger partial charge in [0.2, 0.25) is 0 Å². The monoisotopic (exact) mass is 243 g/mol. The molecule has 0 spiro atoms. The third-order valence-electron chi connectivity index (χ3n) is 3.14. The zero-order chi connectivity index (χ0) is 12.8. The number of nitrogens with two attached hydrogens (primary N) is 1. The van der Waals surface area contributed by atoms with Gasteiger partial charge in [-0.15, -0.1) is 0 Å². The van der Waals surface area contributed by atoms with E-state index in [-0.39, 0.29) is 6.04 Å². The molecule has 0 saturated carbocycles. The molecule has 1 atom stereocenters. The highest BCUT2D eigenvalue weighted by Crippen LogP contribution is 2.19. The van der Waals surface area contributed by atoms with Crippen LogP contribution in [0.2, 0.25) is 0 Å². The summed E-state index contributed by atoms with van der Waals surface area (Å²) in [6.07, 6.45) is 2.26. The van der Waals surface area contributed by atoms with Crippen molar-refractivity contribution in [3.05, 3.63) is 48.0 Å². The van der Waals surface area contributed by atoms with Crippen LogP contribution >= 0.6 is 0 Å². The van der Waals surface area contributed by atoms with Crippen molar-refractivity contribution in [2.75, 3.05) is 13.2 Å². The Balaban J connectivity index is 2.01. The molecule has 2 aromatic carbocycles. The quantitative estimate of drug-likeness (QED) is 0.786. The van der Waals surface area contributed by atoms with Crippen molar-refractivity contribution in [3.8, 4) is 0 Å². The molecule has 0 bridgehead atoms. The highest BCUT2D eigenvalue weighted by atomic mass is 16.5. The van der Waals surface area contributed by atoms with Crippen molar-refractivity contribution >= 4 is 10.8 Å². The molecule has 0 amide bonds. The van der Waals surface area contributed by atoms with Gasteiger partial charge >= 0.3 is 0 Å². The number of hydrogen-bond donors (Lipinski definition) is 1. The lowest BCUT2D eigenvalue weighted by molar-refractivity contribution is 0.118. The zero-order valence-electron chi connectivity index (χ0n) is 10.9. The molecular formula is C16H21NO. The van der Waals surface area contributed by atoms with E-state index in [1.165, 1.54) is 10.8 Å². The summed E-state index contributed by atoms with van der Waals surface area (Å²) in [7, 11) is 0. The van der Waals surface area contributed by atoms with Gasteiger partial charge in [-0.05, 0) is 28.8 Å². The number of hydrogen-bond acceptors (Lipinski definition) is 2. The summed E-state index contributed by atoms with van der Waals surface area (Å²) >= 11 is 0. The minimum atomic E-state index is -0.0357. The smallest absolute Gasteiger partial charge is 0.0659 e. The van der Waals surface area contributed by atoms with E-state index in [9.17, 15) is 0 Å². The van der Waals surface area contributed by atoms with Gasteiger partial charge in [-0.2, -0.15) is 0 Å². The van der Waals surface area contributed by atoms with Crippen LogP contribution in [-0.2, 0) is 4.74 Å². The minimum Gasteiger partial charge on any atom is -0.379 e. The number of benzene rings is 2. The molecule has 0 fully saturated rings. The Morgan fingerprint density at radius 1 is 1.11 bits per heavy atom. The van der Waals surface area contributed by atoms with Crippen LogP contribution in [-0.4, -0.2) is 13.2 Å². The average molecular weight is 243 g/mol. The summed E-state index contributed by atoms with van der Waals surface area (Å²) in [6.45, 7) is 3.56. The number of unbranched alkanes of at least 4 members (excludes halogenated alkanes) is 1. The number of rotatable bonds is 6. The Morgan fingerprint density at radius 3 is 2.67 bits per heavy atom. The van der Waals surface area contributed by atoms with E-state index >= 15 is 0 Å². The molecule has 1 unspecified atom stereocenters. The molecule has 0 aliphatic carbocycles. The van der Waals surface area contributed by atoms with E-state index in [1.54, 1.807) is 0 Å². The second kappa shape index (κ2) is 6.53. The molecule has 0 radical (unpaired) electrons. The predicted molar refractivity (Wildman–Crippen MR) is 76.6 cm³/mol. The highest BCUT2D eigenvalue weighted by Gasteiger charge is 2.06. The molecule has 18 heavy (non-hydrogen) atoms. The van der Waals surface area contributed by atoms with Crippen LogP contribution in [0.25, 0.3) is 10.8 Å². The normalized spacial score (nSPS) is 12.8. The summed E-state index contributed by atoms with van der Waals surface area (Å²) < 4.78 is 5.58. The molecule has 0 aliphatic heterocycles. The fraction of sp³-hybridized carbons (Fsp3) is 0.375. The molecule has 96 valence electrons. The standard InChI is InChI=1S/C16H21NO/c1-2-3-10-18-12-16(17)15-9-8-13-6-4-5-7-14(13)11-15/h4-9,11,16H,2-3,10,12,17H2,1H3. The molecule has 2 aromatic rings. The molecule has 0 heterocycles. The van der Waals surface area contributed by atoms with Crippen molar-refractivity contribution in [2.24, 2.45) is 5.73 Å². The molecular weight excluding hydrogens is 222 g/mol. The van der Waals surface area contributed by atoms with Crippen molar-refractivity contribution in [2.45, 2.75) is 25.8 Å². The summed E-state index contributed by atoms with van der Waals surface area (Å²) in [5, 5.41) is 2.49. The van der Waals surface area contributed by atoms with Crippen molar-refractivity contribution in [1.82, 2.24) is 0 Å². The third kappa shape index (κ3) is 3.31. The number of ether oxygens (including phenoxy) is 1. The first kappa shape index (κ1) is 13.1. The summed E-state index contributed by atoms with van der Waals surface area (Å²) in [5.41, 5.74) is 7.29. The van der Waals surface area contributed by atoms with Gasteiger partial charge < -0.3 is 10.5 Å². The third-order valence-corrected chi connectivity index (χ3v) is 3.14. The lowest BCUT2D eigenvalue weighted by Crippen LogP contribution is -2.17. The van der Waals surface area contributed by atoms with E-state index in [0.29, 0.717) is 6.61 Å². The number of fused-ring (bicyclic) bond motifs is 1. The molecule has 2 heteroatoms. The fourth-order valence-electron chi connectivity index (χ4n) is 1.99. The van der Waals surface area contributed by atoms with E-state index in [1.807, 2.05) is 0 Å². The summed E-state index contributed by atoms with van der Waals surface area (Å²) in [4.78, 5) is 0. The van der Waals surface area contributed by atoms with E-state index in [0.717, 1.165) is 25.0 Å². The summed E-state index contributed by atoms with van der Waals surface area (Å²) in [6, 6.07) is 14.7. The van der Waals surface area contributed by atoms with Crippen LogP contribution < -0.4 is 5.73 Å². The largest absolute Gasteiger partial charge is 0.379 e. The first-order chi connectivity index (χ1) is 8.81. The molecule has 2 N–H and O–H groups in total.